The summed E-state index contributed by atoms with van der Waals surface area (Å²) in [4.78, 5) is 24.9. The summed E-state index contributed by atoms with van der Waals surface area (Å²) in [6, 6.07) is 1.82. The van der Waals surface area contributed by atoms with Crippen LogP contribution in [-0.2, 0) is 4.79 Å². The van der Waals surface area contributed by atoms with Crippen molar-refractivity contribution in [3.63, 3.8) is 0 Å². The zero-order chi connectivity index (χ0) is 14.5. The first-order valence-corrected chi connectivity index (χ1v) is 7.83. The molecule has 1 N–H and O–H groups in total. The molecule has 1 amide bonds. The summed E-state index contributed by atoms with van der Waals surface area (Å²) in [5.41, 5.74) is 0. The minimum absolute atomic E-state index is 0.301. The number of carbonyl (C=O) groups is 1. The summed E-state index contributed by atoms with van der Waals surface area (Å²) in [5, 5.41) is 3.35. The zero-order valence-corrected chi connectivity index (χ0v) is 12.4. The second-order valence-corrected chi connectivity index (χ2v) is 5.81. The lowest BCUT2D eigenvalue weighted by Gasteiger charge is -2.34. The number of rotatable bonds is 4. The summed E-state index contributed by atoms with van der Waals surface area (Å²) in [7, 11) is 0. The molecule has 0 bridgehead atoms. The number of anilines is 1. The molecule has 1 aromatic rings. The number of piperazine rings is 1. The molecule has 2 aliphatic heterocycles. The lowest BCUT2D eigenvalue weighted by molar-refractivity contribution is -0.131. The van der Waals surface area contributed by atoms with Crippen molar-refractivity contribution < 1.29 is 4.79 Å². The molecule has 6 nitrogen and oxygen atoms in total. The monoisotopic (exact) mass is 289 g/mol. The average molecular weight is 289 g/mol. The third-order valence-corrected chi connectivity index (χ3v) is 4.40. The van der Waals surface area contributed by atoms with E-state index in [9.17, 15) is 4.79 Å². The summed E-state index contributed by atoms with van der Waals surface area (Å²) in [6.07, 6.45) is 6.44. The second kappa shape index (κ2) is 6.85. The van der Waals surface area contributed by atoms with Gasteiger partial charge in [0.05, 0.1) is 0 Å². The average Bonchev–Trinajstić information content (AvgIpc) is 3.07. The van der Waals surface area contributed by atoms with Crippen LogP contribution in [-0.4, -0.2) is 60.0 Å². The Kier molecular flexibility index (Phi) is 4.65. The molecule has 2 fully saturated rings. The van der Waals surface area contributed by atoms with E-state index in [4.69, 9.17) is 0 Å². The van der Waals surface area contributed by atoms with Crippen LogP contribution in [0.1, 0.15) is 19.3 Å². The first-order chi connectivity index (χ1) is 10.3. The van der Waals surface area contributed by atoms with E-state index in [1.807, 2.05) is 11.0 Å². The van der Waals surface area contributed by atoms with Crippen LogP contribution >= 0.6 is 0 Å². The van der Waals surface area contributed by atoms with Crippen molar-refractivity contribution in [3.05, 3.63) is 18.5 Å². The van der Waals surface area contributed by atoms with Gasteiger partial charge in [0.15, 0.2) is 0 Å². The van der Waals surface area contributed by atoms with Crippen molar-refractivity contribution in [2.75, 3.05) is 44.2 Å². The van der Waals surface area contributed by atoms with E-state index in [2.05, 4.69) is 20.2 Å². The molecule has 0 aliphatic carbocycles. The Morgan fingerprint density at radius 2 is 2.00 bits per heavy atom. The maximum absolute atomic E-state index is 12.3. The number of carbonyl (C=O) groups excluding carboxylic acids is 1. The normalized spacial score (nSPS) is 22.6. The fourth-order valence-corrected chi connectivity index (χ4v) is 3.06. The van der Waals surface area contributed by atoms with Crippen molar-refractivity contribution in [1.82, 2.24) is 20.2 Å². The summed E-state index contributed by atoms with van der Waals surface area (Å²) >= 11 is 0. The van der Waals surface area contributed by atoms with Gasteiger partial charge in [-0.15, -0.1) is 0 Å². The highest BCUT2D eigenvalue weighted by molar-refractivity contribution is 5.76. The van der Waals surface area contributed by atoms with Crippen LogP contribution in [0.3, 0.4) is 0 Å². The van der Waals surface area contributed by atoms with Crippen molar-refractivity contribution in [2.24, 2.45) is 5.92 Å². The molecule has 0 saturated carbocycles. The van der Waals surface area contributed by atoms with Gasteiger partial charge in [-0.3, -0.25) is 4.79 Å². The van der Waals surface area contributed by atoms with Crippen LogP contribution in [0.5, 0.6) is 0 Å². The smallest absolute Gasteiger partial charge is 0.225 e. The van der Waals surface area contributed by atoms with E-state index in [1.54, 1.807) is 12.4 Å². The standard InChI is InChI=1S/C15H23N5O/c21-14(3-2-13-4-7-16-12-13)19-8-10-20(11-9-19)15-17-5-1-6-18-15/h1,5-6,13,16H,2-4,7-12H2. The summed E-state index contributed by atoms with van der Waals surface area (Å²) < 4.78 is 0. The van der Waals surface area contributed by atoms with Gasteiger partial charge in [0.25, 0.3) is 0 Å². The van der Waals surface area contributed by atoms with Crippen molar-refractivity contribution >= 4 is 11.9 Å². The third kappa shape index (κ3) is 3.69. The van der Waals surface area contributed by atoms with E-state index >= 15 is 0 Å². The Hall–Kier alpha value is -1.69. The van der Waals surface area contributed by atoms with Gasteiger partial charge < -0.3 is 15.1 Å². The maximum atomic E-state index is 12.3. The van der Waals surface area contributed by atoms with Crippen LogP contribution in [0.2, 0.25) is 0 Å². The van der Waals surface area contributed by atoms with E-state index < -0.39 is 0 Å². The van der Waals surface area contributed by atoms with E-state index in [-0.39, 0.29) is 0 Å². The highest BCUT2D eigenvalue weighted by Gasteiger charge is 2.23. The van der Waals surface area contributed by atoms with E-state index in [0.717, 1.165) is 51.6 Å². The molecule has 1 unspecified atom stereocenters. The highest BCUT2D eigenvalue weighted by atomic mass is 16.2. The molecule has 3 rings (SSSR count). The largest absolute Gasteiger partial charge is 0.339 e. The van der Waals surface area contributed by atoms with Gasteiger partial charge in [-0.25, -0.2) is 9.97 Å². The minimum atomic E-state index is 0.301. The Morgan fingerprint density at radius 3 is 2.67 bits per heavy atom. The fraction of sp³-hybridized carbons (Fsp3) is 0.667. The quantitative estimate of drug-likeness (QED) is 0.875. The number of nitrogens with one attached hydrogen (secondary N) is 1. The van der Waals surface area contributed by atoms with E-state index in [1.165, 1.54) is 6.42 Å². The molecule has 0 radical (unpaired) electrons. The first-order valence-electron chi connectivity index (χ1n) is 7.83. The van der Waals surface area contributed by atoms with Gasteiger partial charge in [0, 0.05) is 45.0 Å². The van der Waals surface area contributed by atoms with Crippen LogP contribution in [0.4, 0.5) is 5.95 Å². The van der Waals surface area contributed by atoms with Crippen LogP contribution in [0.25, 0.3) is 0 Å². The summed E-state index contributed by atoms with van der Waals surface area (Å²) in [5.74, 6) is 1.75. The molecule has 6 heteroatoms. The lowest BCUT2D eigenvalue weighted by Crippen LogP contribution is -2.49. The maximum Gasteiger partial charge on any atom is 0.225 e. The van der Waals surface area contributed by atoms with Crippen LogP contribution < -0.4 is 10.2 Å². The molecular formula is C15H23N5O. The zero-order valence-electron chi connectivity index (χ0n) is 12.4. The molecule has 1 aromatic heterocycles. The van der Waals surface area contributed by atoms with Gasteiger partial charge in [-0.1, -0.05) is 0 Å². The SMILES string of the molecule is O=C(CCC1CCNC1)N1CCN(c2ncccn2)CC1. The Balaban J connectivity index is 1.43. The molecule has 0 spiro atoms. The minimum Gasteiger partial charge on any atom is -0.339 e. The van der Waals surface area contributed by atoms with Crippen molar-refractivity contribution in [1.29, 1.82) is 0 Å². The van der Waals surface area contributed by atoms with Gasteiger partial charge in [-0.2, -0.15) is 0 Å². The first kappa shape index (κ1) is 14.3. The number of hydrogen-bond acceptors (Lipinski definition) is 5. The molecule has 2 saturated heterocycles. The number of hydrogen-bond donors (Lipinski definition) is 1. The highest BCUT2D eigenvalue weighted by Crippen LogP contribution is 2.16. The lowest BCUT2D eigenvalue weighted by atomic mass is 10.0. The predicted molar refractivity (Wildman–Crippen MR) is 81.0 cm³/mol. The van der Waals surface area contributed by atoms with Crippen LogP contribution in [0.15, 0.2) is 18.5 Å². The Morgan fingerprint density at radius 1 is 1.24 bits per heavy atom. The molecular weight excluding hydrogens is 266 g/mol. The van der Waals surface area contributed by atoms with Crippen molar-refractivity contribution in [3.8, 4) is 0 Å². The fourth-order valence-electron chi connectivity index (χ4n) is 3.06. The number of amides is 1. The van der Waals surface area contributed by atoms with Gasteiger partial charge in [-0.05, 0) is 37.9 Å². The number of aromatic nitrogens is 2. The van der Waals surface area contributed by atoms with Gasteiger partial charge in [0.1, 0.15) is 0 Å². The van der Waals surface area contributed by atoms with Gasteiger partial charge >= 0.3 is 0 Å². The topological polar surface area (TPSA) is 61.4 Å². The second-order valence-electron chi connectivity index (χ2n) is 5.81. The molecule has 21 heavy (non-hydrogen) atoms. The predicted octanol–water partition coefficient (Wildman–Crippen LogP) is 0.515. The third-order valence-electron chi connectivity index (χ3n) is 4.40. The van der Waals surface area contributed by atoms with Crippen molar-refractivity contribution in [2.45, 2.75) is 19.3 Å². The number of nitrogens with zero attached hydrogens (tertiary/aromatic N) is 4. The molecule has 3 heterocycles. The molecule has 0 aromatic carbocycles. The summed E-state index contributed by atoms with van der Waals surface area (Å²) in [6.45, 7) is 5.38. The van der Waals surface area contributed by atoms with Crippen LogP contribution in [0, 0.1) is 5.92 Å². The Bertz CT molecular complexity index is 452. The van der Waals surface area contributed by atoms with E-state index in [0.29, 0.717) is 18.2 Å². The molecule has 2 aliphatic rings. The van der Waals surface area contributed by atoms with Gasteiger partial charge in [0.2, 0.25) is 11.9 Å². The Labute approximate surface area is 125 Å². The molecule has 114 valence electrons. The molecule has 1 atom stereocenters.